The van der Waals surface area contributed by atoms with Gasteiger partial charge in [-0.1, -0.05) is 26.7 Å². The fourth-order valence-electron chi connectivity index (χ4n) is 3.86. The van der Waals surface area contributed by atoms with E-state index in [1.807, 2.05) is 4.90 Å². The molecule has 6 heteroatoms. The minimum absolute atomic E-state index is 0.0321. The molecule has 0 aromatic heterocycles. The summed E-state index contributed by atoms with van der Waals surface area (Å²) in [6.07, 6.45) is 4.90. The number of hydrogen-bond acceptors (Lipinski definition) is 4. The van der Waals surface area contributed by atoms with Gasteiger partial charge in [0.05, 0.1) is 18.1 Å². The van der Waals surface area contributed by atoms with Gasteiger partial charge in [0.1, 0.15) is 0 Å². The van der Waals surface area contributed by atoms with E-state index in [2.05, 4.69) is 13.8 Å². The van der Waals surface area contributed by atoms with Crippen LogP contribution in [-0.4, -0.2) is 54.5 Å². The first-order valence-corrected chi connectivity index (χ1v) is 9.78. The molecule has 1 saturated heterocycles. The first-order chi connectivity index (χ1) is 9.78. The Balaban J connectivity index is 2.10. The molecule has 3 atom stereocenters. The number of sulfone groups is 1. The predicted molar refractivity (Wildman–Crippen MR) is 82.0 cm³/mol. The lowest BCUT2D eigenvalue weighted by Gasteiger charge is -2.40. The van der Waals surface area contributed by atoms with E-state index in [0.717, 1.165) is 19.3 Å². The molecule has 2 rings (SSSR count). The third-order valence-corrected chi connectivity index (χ3v) is 6.84. The second kappa shape index (κ2) is 6.65. The minimum Gasteiger partial charge on any atom is -0.480 e. The third-order valence-electron chi connectivity index (χ3n) is 5.09. The molecule has 2 aliphatic rings. The standard InChI is InChI=1S/C15H27NO4S/c1-11(2)12-4-3-5-13(8-12)16(9-15(17)18)14-6-7-21(19,20)10-14/h11-14H,3-10H2,1-2H3,(H,17,18). The van der Waals surface area contributed by atoms with Gasteiger partial charge in [-0.15, -0.1) is 0 Å². The quantitative estimate of drug-likeness (QED) is 0.836. The fraction of sp³-hybridized carbons (Fsp3) is 0.933. The van der Waals surface area contributed by atoms with Crippen molar-refractivity contribution in [2.45, 2.75) is 58.0 Å². The molecule has 1 saturated carbocycles. The summed E-state index contributed by atoms with van der Waals surface area (Å²) in [6, 6.07) is 0.113. The van der Waals surface area contributed by atoms with Crippen molar-refractivity contribution in [3.05, 3.63) is 0 Å². The lowest BCUT2D eigenvalue weighted by Crippen LogP contribution is -2.48. The van der Waals surface area contributed by atoms with Crippen molar-refractivity contribution >= 4 is 15.8 Å². The average molecular weight is 317 g/mol. The molecule has 0 aromatic carbocycles. The highest BCUT2D eigenvalue weighted by molar-refractivity contribution is 7.91. The van der Waals surface area contributed by atoms with E-state index in [9.17, 15) is 18.3 Å². The Hall–Kier alpha value is -0.620. The molecule has 5 nitrogen and oxygen atoms in total. The Labute approximate surface area is 127 Å². The molecule has 1 aliphatic carbocycles. The average Bonchev–Trinajstić information content (AvgIpc) is 2.76. The highest BCUT2D eigenvalue weighted by atomic mass is 32.2. The first-order valence-electron chi connectivity index (χ1n) is 7.96. The van der Waals surface area contributed by atoms with Crippen LogP contribution in [0.3, 0.4) is 0 Å². The number of rotatable bonds is 5. The van der Waals surface area contributed by atoms with Crippen LogP contribution in [0.15, 0.2) is 0 Å². The van der Waals surface area contributed by atoms with Crippen LogP contribution in [0.2, 0.25) is 0 Å². The van der Waals surface area contributed by atoms with Crippen molar-refractivity contribution in [1.29, 1.82) is 0 Å². The number of hydrogen-bond donors (Lipinski definition) is 1. The Kier molecular flexibility index (Phi) is 5.30. The fourth-order valence-corrected chi connectivity index (χ4v) is 5.60. The number of nitrogens with zero attached hydrogens (tertiary/aromatic N) is 1. The normalized spacial score (nSPS) is 32.7. The zero-order chi connectivity index (χ0) is 15.6. The van der Waals surface area contributed by atoms with Crippen molar-refractivity contribution in [1.82, 2.24) is 4.90 Å². The van der Waals surface area contributed by atoms with E-state index in [-0.39, 0.29) is 30.1 Å². The van der Waals surface area contributed by atoms with Crippen LogP contribution < -0.4 is 0 Å². The van der Waals surface area contributed by atoms with E-state index >= 15 is 0 Å². The van der Waals surface area contributed by atoms with Gasteiger partial charge < -0.3 is 5.11 Å². The molecule has 1 heterocycles. The van der Waals surface area contributed by atoms with Crippen LogP contribution in [0.5, 0.6) is 0 Å². The highest BCUT2D eigenvalue weighted by Crippen LogP contribution is 2.34. The van der Waals surface area contributed by atoms with Gasteiger partial charge in [0.2, 0.25) is 0 Å². The van der Waals surface area contributed by atoms with E-state index in [4.69, 9.17) is 0 Å². The number of carboxylic acid groups (broad SMARTS) is 1. The van der Waals surface area contributed by atoms with Gasteiger partial charge in [0, 0.05) is 12.1 Å². The molecule has 1 N–H and O–H groups in total. The van der Waals surface area contributed by atoms with Gasteiger partial charge >= 0.3 is 5.97 Å². The van der Waals surface area contributed by atoms with Crippen molar-refractivity contribution in [3.8, 4) is 0 Å². The summed E-state index contributed by atoms with van der Waals surface area (Å²) in [7, 11) is -2.98. The molecule has 3 unspecified atom stereocenters. The summed E-state index contributed by atoms with van der Waals surface area (Å²) in [6.45, 7) is 4.40. The zero-order valence-corrected chi connectivity index (χ0v) is 13.8. The maximum atomic E-state index is 11.7. The van der Waals surface area contributed by atoms with Gasteiger partial charge in [-0.3, -0.25) is 9.69 Å². The topological polar surface area (TPSA) is 74.7 Å². The van der Waals surface area contributed by atoms with Crippen molar-refractivity contribution in [2.75, 3.05) is 18.1 Å². The SMILES string of the molecule is CC(C)C1CCCC(N(CC(=O)O)C2CCS(=O)(=O)C2)C1. The lowest BCUT2D eigenvalue weighted by atomic mass is 9.78. The molecule has 2 fully saturated rings. The molecule has 0 amide bonds. The van der Waals surface area contributed by atoms with Gasteiger partial charge in [-0.05, 0) is 31.1 Å². The van der Waals surface area contributed by atoms with Crippen molar-refractivity contribution in [2.24, 2.45) is 11.8 Å². The predicted octanol–water partition coefficient (Wildman–Crippen LogP) is 1.77. The largest absolute Gasteiger partial charge is 0.480 e. The Morgan fingerprint density at radius 2 is 1.95 bits per heavy atom. The van der Waals surface area contributed by atoms with E-state index in [1.165, 1.54) is 6.42 Å². The Morgan fingerprint density at radius 3 is 2.48 bits per heavy atom. The molecular weight excluding hydrogens is 290 g/mol. The molecule has 122 valence electrons. The maximum Gasteiger partial charge on any atom is 0.317 e. The van der Waals surface area contributed by atoms with Crippen LogP contribution in [0, 0.1) is 11.8 Å². The Bertz CT molecular complexity index is 474. The van der Waals surface area contributed by atoms with E-state index in [1.54, 1.807) is 0 Å². The zero-order valence-electron chi connectivity index (χ0n) is 13.0. The smallest absolute Gasteiger partial charge is 0.317 e. The van der Waals surface area contributed by atoms with Crippen molar-refractivity contribution < 1.29 is 18.3 Å². The lowest BCUT2D eigenvalue weighted by molar-refractivity contribution is -0.140. The van der Waals surface area contributed by atoms with Crippen LogP contribution >= 0.6 is 0 Å². The molecule has 0 spiro atoms. The highest BCUT2D eigenvalue weighted by Gasteiger charge is 2.38. The molecule has 0 bridgehead atoms. The monoisotopic (exact) mass is 317 g/mol. The summed E-state index contributed by atoms with van der Waals surface area (Å²) < 4.78 is 23.4. The molecular formula is C15H27NO4S. The second-order valence-electron chi connectivity index (χ2n) is 6.95. The Morgan fingerprint density at radius 1 is 1.24 bits per heavy atom. The van der Waals surface area contributed by atoms with E-state index in [0.29, 0.717) is 18.3 Å². The van der Waals surface area contributed by atoms with Crippen LogP contribution in [0.1, 0.15) is 46.0 Å². The molecule has 1 aliphatic heterocycles. The van der Waals surface area contributed by atoms with Crippen LogP contribution in [-0.2, 0) is 14.6 Å². The molecule has 0 radical (unpaired) electrons. The first kappa shape index (κ1) is 16.7. The van der Waals surface area contributed by atoms with Gasteiger partial charge in [0.25, 0.3) is 0 Å². The molecule has 0 aromatic rings. The number of carbonyl (C=O) groups is 1. The second-order valence-corrected chi connectivity index (χ2v) is 9.18. The van der Waals surface area contributed by atoms with Gasteiger partial charge in [0.15, 0.2) is 9.84 Å². The third kappa shape index (κ3) is 4.42. The van der Waals surface area contributed by atoms with Crippen molar-refractivity contribution in [3.63, 3.8) is 0 Å². The van der Waals surface area contributed by atoms with Gasteiger partial charge in [-0.25, -0.2) is 8.42 Å². The number of carboxylic acids is 1. The number of aliphatic carboxylic acids is 1. The van der Waals surface area contributed by atoms with Crippen LogP contribution in [0.25, 0.3) is 0 Å². The summed E-state index contributed by atoms with van der Waals surface area (Å²) in [5, 5.41) is 9.19. The minimum atomic E-state index is -2.98. The van der Waals surface area contributed by atoms with Gasteiger partial charge in [-0.2, -0.15) is 0 Å². The summed E-state index contributed by atoms with van der Waals surface area (Å²) >= 11 is 0. The van der Waals surface area contributed by atoms with E-state index < -0.39 is 15.8 Å². The summed E-state index contributed by atoms with van der Waals surface area (Å²) in [4.78, 5) is 13.2. The molecule has 21 heavy (non-hydrogen) atoms. The summed E-state index contributed by atoms with van der Waals surface area (Å²) in [5.74, 6) is 0.702. The van der Waals surface area contributed by atoms with Crippen LogP contribution in [0.4, 0.5) is 0 Å². The maximum absolute atomic E-state index is 11.7. The summed E-state index contributed by atoms with van der Waals surface area (Å²) in [5.41, 5.74) is 0.